The molecular formula is C12H17N3O4S. The van der Waals surface area contributed by atoms with E-state index >= 15 is 0 Å². The molecule has 8 heteroatoms. The number of carbonyl (C=O) groups excluding carboxylic acids is 2. The number of anilines is 1. The molecule has 110 valence electrons. The minimum Gasteiger partial charge on any atom is -0.478 e. The van der Waals surface area contributed by atoms with Gasteiger partial charge < -0.3 is 15.3 Å². The maximum absolute atomic E-state index is 11.9. The van der Waals surface area contributed by atoms with Gasteiger partial charge in [-0.2, -0.15) is 0 Å². The Balaban J connectivity index is 2.88. The van der Waals surface area contributed by atoms with Crippen molar-refractivity contribution in [1.82, 2.24) is 10.2 Å². The number of urea groups is 1. The maximum Gasteiger partial charge on any atom is 0.338 e. The van der Waals surface area contributed by atoms with Crippen molar-refractivity contribution in [2.75, 3.05) is 26.0 Å². The van der Waals surface area contributed by atoms with Crippen LogP contribution in [0.4, 0.5) is 9.80 Å². The summed E-state index contributed by atoms with van der Waals surface area (Å²) in [6, 6.07) is -0.530. The number of nitrogens with one attached hydrogen (secondary N) is 2. The summed E-state index contributed by atoms with van der Waals surface area (Å²) in [5, 5.41) is 14.4. The molecule has 0 atom stereocenters. The van der Waals surface area contributed by atoms with E-state index in [0.717, 1.165) is 4.88 Å². The number of hydrogen-bond donors (Lipinski definition) is 3. The van der Waals surface area contributed by atoms with Gasteiger partial charge in [-0.1, -0.05) is 0 Å². The minimum atomic E-state index is -1.09. The van der Waals surface area contributed by atoms with E-state index in [1.54, 1.807) is 13.8 Å². The summed E-state index contributed by atoms with van der Waals surface area (Å²) >= 11 is 1.20. The molecule has 0 aromatic carbocycles. The van der Waals surface area contributed by atoms with Gasteiger partial charge in [-0.05, 0) is 19.4 Å². The predicted molar refractivity (Wildman–Crippen MR) is 76.5 cm³/mol. The molecule has 1 aromatic heterocycles. The second-order valence-electron chi connectivity index (χ2n) is 4.25. The van der Waals surface area contributed by atoms with Gasteiger partial charge in [0, 0.05) is 19.0 Å². The van der Waals surface area contributed by atoms with E-state index in [0.29, 0.717) is 5.56 Å². The number of likely N-dealkylation sites (N-methyl/N-ethyl adjacent to an activating group) is 2. The lowest BCUT2D eigenvalue weighted by Crippen LogP contribution is -2.39. The Morgan fingerprint density at radius 3 is 2.40 bits per heavy atom. The number of rotatable bonds is 4. The largest absolute Gasteiger partial charge is 0.478 e. The van der Waals surface area contributed by atoms with Gasteiger partial charge in [-0.25, -0.2) is 9.59 Å². The van der Waals surface area contributed by atoms with Crippen LogP contribution in [0.1, 0.15) is 20.8 Å². The van der Waals surface area contributed by atoms with Crippen LogP contribution in [-0.2, 0) is 4.79 Å². The van der Waals surface area contributed by atoms with Crippen molar-refractivity contribution < 1.29 is 19.5 Å². The number of hydrogen-bond acceptors (Lipinski definition) is 4. The van der Waals surface area contributed by atoms with Crippen molar-refractivity contribution in [2.24, 2.45) is 0 Å². The Morgan fingerprint density at radius 1 is 1.30 bits per heavy atom. The first kappa shape index (κ1) is 16.0. The van der Waals surface area contributed by atoms with Crippen molar-refractivity contribution in [3.8, 4) is 0 Å². The highest BCUT2D eigenvalue weighted by Gasteiger charge is 2.21. The Morgan fingerprint density at radius 2 is 1.90 bits per heavy atom. The molecule has 7 nitrogen and oxygen atoms in total. The molecule has 0 saturated heterocycles. The number of amides is 3. The van der Waals surface area contributed by atoms with Crippen molar-refractivity contribution in [2.45, 2.75) is 13.8 Å². The van der Waals surface area contributed by atoms with Crippen LogP contribution in [0.25, 0.3) is 0 Å². The summed E-state index contributed by atoms with van der Waals surface area (Å²) < 4.78 is 0. The Kier molecular flexibility index (Phi) is 5.09. The fraction of sp³-hybridized carbons (Fsp3) is 0.417. The van der Waals surface area contributed by atoms with Gasteiger partial charge in [0.2, 0.25) is 5.91 Å². The molecule has 0 fully saturated rings. The highest BCUT2D eigenvalue weighted by Crippen LogP contribution is 2.32. The summed E-state index contributed by atoms with van der Waals surface area (Å²) in [6.45, 7) is 3.38. The van der Waals surface area contributed by atoms with Crippen LogP contribution in [0.2, 0.25) is 0 Å². The molecule has 1 heterocycles. The Hall–Kier alpha value is -2.09. The van der Waals surface area contributed by atoms with Crippen LogP contribution in [0.3, 0.4) is 0 Å². The first-order valence-corrected chi connectivity index (χ1v) is 6.65. The third kappa shape index (κ3) is 3.47. The molecule has 0 radical (unpaired) electrons. The predicted octanol–water partition coefficient (Wildman–Crippen LogP) is 1.27. The van der Waals surface area contributed by atoms with Crippen LogP contribution in [-0.4, -0.2) is 48.6 Å². The zero-order chi connectivity index (χ0) is 15.4. The maximum atomic E-state index is 11.9. The lowest BCUT2D eigenvalue weighted by molar-refractivity contribution is -0.120. The molecule has 0 unspecified atom stereocenters. The molecule has 1 rings (SSSR count). The third-order valence-electron chi connectivity index (χ3n) is 2.83. The van der Waals surface area contributed by atoms with E-state index in [1.165, 1.54) is 30.3 Å². The number of carboxylic acid groups (broad SMARTS) is 1. The van der Waals surface area contributed by atoms with Crippen molar-refractivity contribution in [3.05, 3.63) is 16.0 Å². The van der Waals surface area contributed by atoms with E-state index in [1.807, 2.05) is 0 Å². The van der Waals surface area contributed by atoms with Gasteiger partial charge in [0.15, 0.2) is 0 Å². The van der Waals surface area contributed by atoms with Gasteiger partial charge >= 0.3 is 12.0 Å². The molecule has 0 aliphatic heterocycles. The van der Waals surface area contributed by atoms with E-state index in [9.17, 15) is 19.5 Å². The summed E-state index contributed by atoms with van der Waals surface area (Å²) in [7, 11) is 2.93. The smallest absolute Gasteiger partial charge is 0.338 e. The molecule has 20 heavy (non-hydrogen) atoms. The normalized spacial score (nSPS) is 10.0. The number of aromatic carboxylic acids is 1. The van der Waals surface area contributed by atoms with Gasteiger partial charge in [-0.15, -0.1) is 11.3 Å². The monoisotopic (exact) mass is 299 g/mol. The highest BCUT2D eigenvalue weighted by atomic mass is 32.1. The van der Waals surface area contributed by atoms with Crippen LogP contribution in [0.15, 0.2) is 0 Å². The number of carboxylic acids is 1. The summed E-state index contributed by atoms with van der Waals surface area (Å²) in [5.74, 6) is -1.39. The fourth-order valence-corrected chi connectivity index (χ4v) is 2.57. The van der Waals surface area contributed by atoms with Gasteiger partial charge in [0.05, 0.1) is 5.56 Å². The van der Waals surface area contributed by atoms with Crippen molar-refractivity contribution >= 4 is 34.2 Å². The first-order chi connectivity index (χ1) is 9.27. The van der Waals surface area contributed by atoms with Gasteiger partial charge in [0.25, 0.3) is 0 Å². The molecule has 0 saturated carbocycles. The fourth-order valence-electron chi connectivity index (χ4n) is 1.53. The minimum absolute atomic E-state index is 0.0918. The highest BCUT2D eigenvalue weighted by molar-refractivity contribution is 7.16. The van der Waals surface area contributed by atoms with Crippen molar-refractivity contribution in [3.63, 3.8) is 0 Å². The summed E-state index contributed by atoms with van der Waals surface area (Å²) in [4.78, 5) is 36.3. The average molecular weight is 299 g/mol. The molecule has 0 spiro atoms. The van der Waals surface area contributed by atoms with Gasteiger partial charge in [-0.3, -0.25) is 10.1 Å². The van der Waals surface area contributed by atoms with Crippen LogP contribution in [0.5, 0.6) is 0 Å². The topological polar surface area (TPSA) is 98.7 Å². The average Bonchev–Trinajstić information content (AvgIpc) is 2.64. The lowest BCUT2D eigenvalue weighted by atomic mass is 10.1. The van der Waals surface area contributed by atoms with Crippen LogP contribution in [0, 0.1) is 13.8 Å². The van der Waals surface area contributed by atoms with E-state index in [2.05, 4.69) is 10.6 Å². The number of nitrogens with zero attached hydrogens (tertiary/aromatic N) is 1. The molecule has 3 amide bonds. The number of aryl methyl sites for hydroxylation is 1. The zero-order valence-corrected chi connectivity index (χ0v) is 12.6. The third-order valence-corrected chi connectivity index (χ3v) is 3.95. The molecule has 3 N–H and O–H groups in total. The first-order valence-electron chi connectivity index (χ1n) is 5.83. The molecule has 1 aromatic rings. The van der Waals surface area contributed by atoms with Crippen molar-refractivity contribution in [1.29, 1.82) is 0 Å². The van der Waals surface area contributed by atoms with Crippen LogP contribution < -0.4 is 10.6 Å². The quantitative estimate of drug-likeness (QED) is 0.779. The number of carbonyl (C=O) groups is 3. The summed E-state index contributed by atoms with van der Waals surface area (Å²) in [5.41, 5.74) is 0.723. The van der Waals surface area contributed by atoms with E-state index in [4.69, 9.17) is 0 Å². The summed E-state index contributed by atoms with van der Waals surface area (Å²) in [6.07, 6.45) is 0. The van der Waals surface area contributed by atoms with Crippen LogP contribution >= 0.6 is 11.3 Å². The molecule has 0 aliphatic carbocycles. The standard InChI is InChI=1S/C12H17N3O4S/c1-6-7(2)20-10(9(6)11(17)18)14-12(19)15(4)5-8(16)13-3/h5H2,1-4H3,(H,13,16)(H,14,19)(H,17,18). The second kappa shape index (κ2) is 6.38. The van der Waals surface area contributed by atoms with E-state index < -0.39 is 12.0 Å². The van der Waals surface area contributed by atoms with E-state index in [-0.39, 0.29) is 23.0 Å². The second-order valence-corrected chi connectivity index (χ2v) is 5.48. The zero-order valence-electron chi connectivity index (χ0n) is 11.7. The lowest BCUT2D eigenvalue weighted by Gasteiger charge is -2.16. The Labute approximate surface area is 120 Å². The molecule has 0 aliphatic rings. The SMILES string of the molecule is CNC(=O)CN(C)C(=O)Nc1sc(C)c(C)c1C(=O)O. The molecule has 0 bridgehead atoms. The Bertz CT molecular complexity index is 553. The van der Waals surface area contributed by atoms with Gasteiger partial charge in [0.1, 0.15) is 11.5 Å². The number of thiophene rings is 1. The molecular weight excluding hydrogens is 282 g/mol.